The number of aliphatic hydroxyl groups excluding tert-OH is 1. The molecule has 0 bridgehead atoms. The fourth-order valence-electron chi connectivity index (χ4n) is 3.52. The number of furan rings is 2. The summed E-state index contributed by atoms with van der Waals surface area (Å²) in [6.07, 6.45) is 3.01. The number of carbonyl (C=O) groups excluding carboxylic acids is 2. The first-order chi connectivity index (χ1) is 12.6. The van der Waals surface area contributed by atoms with Gasteiger partial charge in [-0.05, 0) is 44.0 Å². The Morgan fingerprint density at radius 3 is 2.81 bits per heavy atom. The van der Waals surface area contributed by atoms with Crippen LogP contribution in [0.2, 0.25) is 0 Å². The Hall–Kier alpha value is -2.80. The average molecular weight is 357 g/mol. The van der Waals surface area contributed by atoms with E-state index in [1.807, 2.05) is 0 Å². The van der Waals surface area contributed by atoms with Crippen molar-refractivity contribution in [3.63, 3.8) is 0 Å². The summed E-state index contributed by atoms with van der Waals surface area (Å²) in [7, 11) is 0. The Bertz CT molecular complexity index is 856. The highest BCUT2D eigenvalue weighted by atomic mass is 16.5. The zero-order valence-electron chi connectivity index (χ0n) is 14.3. The number of aliphatic hydroxyl groups is 1. The number of hydrogen-bond acceptors (Lipinski definition) is 6. The van der Waals surface area contributed by atoms with E-state index in [1.165, 1.54) is 17.2 Å². The van der Waals surface area contributed by atoms with Crippen LogP contribution in [-0.2, 0) is 9.53 Å². The van der Waals surface area contributed by atoms with Gasteiger partial charge in [-0.3, -0.25) is 9.59 Å². The first kappa shape index (κ1) is 16.7. The maximum absolute atomic E-state index is 12.9. The lowest BCUT2D eigenvalue weighted by molar-refractivity contribution is -0.131. The molecule has 0 aromatic carbocycles. The van der Waals surface area contributed by atoms with Gasteiger partial charge in [0.1, 0.15) is 17.6 Å². The molecule has 2 atom stereocenters. The van der Waals surface area contributed by atoms with Gasteiger partial charge in [-0.15, -0.1) is 0 Å². The summed E-state index contributed by atoms with van der Waals surface area (Å²) in [5.41, 5.74) is -0.0303. The quantitative estimate of drug-likeness (QED) is 0.827. The van der Waals surface area contributed by atoms with Crippen LogP contribution in [0.25, 0.3) is 0 Å². The molecule has 0 radical (unpaired) electrons. The first-order valence-electron chi connectivity index (χ1n) is 8.56. The van der Waals surface area contributed by atoms with Crippen molar-refractivity contribution in [3.05, 3.63) is 59.1 Å². The van der Waals surface area contributed by atoms with Crippen LogP contribution in [0.3, 0.4) is 0 Å². The second kappa shape index (κ2) is 6.49. The number of carbonyl (C=O) groups is 2. The monoisotopic (exact) mass is 357 g/mol. The van der Waals surface area contributed by atoms with Gasteiger partial charge in [0, 0.05) is 13.2 Å². The zero-order valence-corrected chi connectivity index (χ0v) is 14.3. The molecule has 1 amide bonds. The molecule has 26 heavy (non-hydrogen) atoms. The van der Waals surface area contributed by atoms with Gasteiger partial charge in [-0.2, -0.15) is 0 Å². The minimum Gasteiger partial charge on any atom is -0.503 e. The number of rotatable bonds is 5. The third-order valence-electron chi connectivity index (χ3n) is 4.75. The van der Waals surface area contributed by atoms with Gasteiger partial charge >= 0.3 is 0 Å². The molecule has 1 fully saturated rings. The lowest BCUT2D eigenvalue weighted by Gasteiger charge is -2.27. The van der Waals surface area contributed by atoms with E-state index in [1.54, 1.807) is 25.1 Å². The van der Waals surface area contributed by atoms with Gasteiger partial charge in [0.15, 0.2) is 11.5 Å². The minimum atomic E-state index is -0.807. The molecule has 0 aliphatic carbocycles. The molecule has 2 aliphatic rings. The van der Waals surface area contributed by atoms with E-state index in [2.05, 4.69) is 0 Å². The van der Waals surface area contributed by atoms with Crippen LogP contribution in [0.5, 0.6) is 0 Å². The Labute approximate surface area is 149 Å². The summed E-state index contributed by atoms with van der Waals surface area (Å²) >= 11 is 0. The molecular formula is C19H19NO6. The third-order valence-corrected chi connectivity index (χ3v) is 4.75. The lowest BCUT2D eigenvalue weighted by atomic mass is 9.99. The second-order valence-electron chi connectivity index (χ2n) is 6.51. The Morgan fingerprint density at radius 1 is 1.35 bits per heavy atom. The van der Waals surface area contributed by atoms with Gasteiger partial charge in [0.2, 0.25) is 5.78 Å². The molecule has 0 saturated carbocycles. The van der Waals surface area contributed by atoms with E-state index in [0.29, 0.717) is 18.1 Å². The van der Waals surface area contributed by atoms with Gasteiger partial charge < -0.3 is 23.6 Å². The molecule has 0 spiro atoms. The zero-order chi connectivity index (χ0) is 18.3. The van der Waals surface area contributed by atoms with Crippen molar-refractivity contribution in [3.8, 4) is 0 Å². The van der Waals surface area contributed by atoms with Gasteiger partial charge in [0.25, 0.3) is 5.91 Å². The predicted molar refractivity (Wildman–Crippen MR) is 89.6 cm³/mol. The van der Waals surface area contributed by atoms with Crippen molar-refractivity contribution in [2.75, 3.05) is 13.2 Å². The van der Waals surface area contributed by atoms with Crippen molar-refractivity contribution in [1.82, 2.24) is 4.90 Å². The smallest absolute Gasteiger partial charge is 0.290 e. The number of ether oxygens (including phenoxy) is 1. The van der Waals surface area contributed by atoms with Crippen LogP contribution in [0.15, 0.2) is 50.7 Å². The number of ketones is 1. The van der Waals surface area contributed by atoms with Gasteiger partial charge in [-0.1, -0.05) is 0 Å². The number of Topliss-reactive ketones (excluding diaryl/α,β-unsaturated/α-hetero) is 1. The maximum Gasteiger partial charge on any atom is 0.290 e. The van der Waals surface area contributed by atoms with Crippen molar-refractivity contribution in [1.29, 1.82) is 0 Å². The normalized spacial score (nSPS) is 23.3. The molecule has 2 aliphatic heterocycles. The molecule has 136 valence electrons. The fourth-order valence-corrected chi connectivity index (χ4v) is 3.52. The molecule has 2 unspecified atom stereocenters. The van der Waals surface area contributed by atoms with E-state index in [4.69, 9.17) is 13.6 Å². The third kappa shape index (κ3) is 2.74. The molecule has 7 nitrogen and oxygen atoms in total. The highest BCUT2D eigenvalue weighted by molar-refractivity contribution is 6.14. The van der Waals surface area contributed by atoms with Gasteiger partial charge in [-0.25, -0.2) is 0 Å². The van der Waals surface area contributed by atoms with Crippen molar-refractivity contribution in [2.45, 2.75) is 31.9 Å². The van der Waals surface area contributed by atoms with Crippen molar-refractivity contribution < 1.29 is 28.3 Å². The largest absolute Gasteiger partial charge is 0.503 e. The molecule has 7 heteroatoms. The Balaban J connectivity index is 1.74. The molecule has 4 heterocycles. The number of hydrogen-bond donors (Lipinski definition) is 1. The van der Waals surface area contributed by atoms with E-state index < -0.39 is 23.5 Å². The summed E-state index contributed by atoms with van der Waals surface area (Å²) < 4.78 is 16.5. The van der Waals surface area contributed by atoms with Gasteiger partial charge in [0.05, 0.1) is 17.9 Å². The van der Waals surface area contributed by atoms with Crippen LogP contribution in [0.1, 0.15) is 41.0 Å². The Kier molecular flexibility index (Phi) is 4.16. The summed E-state index contributed by atoms with van der Waals surface area (Å²) in [4.78, 5) is 27.0. The number of amides is 1. The van der Waals surface area contributed by atoms with Crippen LogP contribution in [0, 0.1) is 6.92 Å². The highest BCUT2D eigenvalue weighted by Crippen LogP contribution is 2.40. The minimum absolute atomic E-state index is 0.0303. The average Bonchev–Trinajstić information content (AvgIpc) is 3.40. The topological polar surface area (TPSA) is 93.1 Å². The van der Waals surface area contributed by atoms with E-state index in [0.717, 1.165) is 12.8 Å². The van der Waals surface area contributed by atoms with E-state index in [9.17, 15) is 14.7 Å². The van der Waals surface area contributed by atoms with E-state index in [-0.39, 0.29) is 24.0 Å². The Morgan fingerprint density at radius 2 is 2.19 bits per heavy atom. The first-order valence-corrected chi connectivity index (χ1v) is 8.56. The molecule has 1 saturated heterocycles. The summed E-state index contributed by atoms with van der Waals surface area (Å²) in [6, 6.07) is 5.74. The molecule has 4 rings (SSSR count). The summed E-state index contributed by atoms with van der Waals surface area (Å²) in [6.45, 7) is 2.71. The standard InChI is InChI=1S/C19H19NO6/c1-11-6-7-13(26-11)16-15(17(21)14-5-3-9-25-14)18(22)19(23)20(16)10-12-4-2-8-24-12/h3,5-7,9,12,16,22H,2,4,8,10H2,1H3. The second-order valence-corrected chi connectivity index (χ2v) is 6.51. The molecular weight excluding hydrogens is 338 g/mol. The molecule has 2 aromatic heterocycles. The van der Waals surface area contributed by atoms with Crippen LogP contribution in [0.4, 0.5) is 0 Å². The number of nitrogens with zero attached hydrogens (tertiary/aromatic N) is 1. The molecule has 2 aromatic rings. The SMILES string of the molecule is Cc1ccc(C2C(C(=O)c3ccco3)=C(O)C(=O)N2CC2CCCO2)o1. The van der Waals surface area contributed by atoms with E-state index >= 15 is 0 Å². The van der Waals surface area contributed by atoms with Crippen molar-refractivity contribution >= 4 is 11.7 Å². The fraction of sp³-hybridized carbons (Fsp3) is 0.368. The summed E-state index contributed by atoms with van der Waals surface area (Å²) in [5.74, 6) is -0.562. The maximum atomic E-state index is 12.9. The summed E-state index contributed by atoms with van der Waals surface area (Å²) in [5, 5.41) is 10.5. The highest BCUT2D eigenvalue weighted by Gasteiger charge is 2.46. The molecule has 1 N–H and O–H groups in total. The van der Waals surface area contributed by atoms with Crippen LogP contribution >= 0.6 is 0 Å². The van der Waals surface area contributed by atoms with Crippen LogP contribution < -0.4 is 0 Å². The lowest BCUT2D eigenvalue weighted by Crippen LogP contribution is -2.37. The predicted octanol–water partition coefficient (Wildman–Crippen LogP) is 2.94. The number of aryl methyl sites for hydroxylation is 1. The van der Waals surface area contributed by atoms with Crippen molar-refractivity contribution in [2.24, 2.45) is 0 Å². The van der Waals surface area contributed by atoms with Crippen LogP contribution in [-0.4, -0.2) is 41.0 Å².